The van der Waals surface area contributed by atoms with Crippen molar-refractivity contribution < 1.29 is 28.8 Å². The number of fused-ring (bicyclic) bond motifs is 2. The average molecular weight is 629 g/mol. The monoisotopic (exact) mass is 628 g/mol. The number of nitrogens with one attached hydrogen (secondary N) is 3. The summed E-state index contributed by atoms with van der Waals surface area (Å²) in [7, 11) is 1.66. The van der Waals surface area contributed by atoms with Gasteiger partial charge in [-0.25, -0.2) is 9.59 Å². The van der Waals surface area contributed by atoms with E-state index in [1.165, 1.54) is 4.90 Å². The Morgan fingerprint density at radius 2 is 1.85 bits per heavy atom. The Balaban J connectivity index is 1.37. The van der Waals surface area contributed by atoms with Crippen molar-refractivity contribution in [3.8, 4) is 5.75 Å². The van der Waals surface area contributed by atoms with E-state index < -0.39 is 18.2 Å². The van der Waals surface area contributed by atoms with E-state index in [1.54, 1.807) is 50.9 Å². The third-order valence-corrected chi connectivity index (χ3v) is 8.28. The Morgan fingerprint density at radius 3 is 2.59 bits per heavy atom. The van der Waals surface area contributed by atoms with Gasteiger partial charge >= 0.3 is 12.1 Å². The molecule has 4 N–H and O–H groups in total. The first-order valence-corrected chi connectivity index (χ1v) is 15.2. The molecule has 4 aromatic rings. The molecule has 0 saturated carbocycles. The number of benzene rings is 3. The van der Waals surface area contributed by atoms with Crippen molar-refractivity contribution in [2.75, 3.05) is 42.7 Å². The molecule has 1 aliphatic heterocycles. The van der Waals surface area contributed by atoms with Gasteiger partial charge in [0.25, 0.3) is 0 Å². The van der Waals surface area contributed by atoms with Crippen molar-refractivity contribution >= 4 is 45.8 Å². The number of carbonyl (C=O) groups excluding carboxylic acids is 3. The van der Waals surface area contributed by atoms with Crippen LogP contribution in [0.15, 0.2) is 65.2 Å². The molecule has 0 aliphatic carbocycles. The van der Waals surface area contributed by atoms with Gasteiger partial charge in [-0.1, -0.05) is 48.5 Å². The number of nitrogens with zero attached hydrogens (tertiary/aromatic N) is 3. The lowest BCUT2D eigenvalue weighted by molar-refractivity contribution is -0.134. The fraction of sp³-hybridized carbons (Fsp3) is 0.353. The lowest BCUT2D eigenvalue weighted by Crippen LogP contribution is -2.48. The van der Waals surface area contributed by atoms with Crippen LogP contribution in [-0.2, 0) is 11.2 Å². The minimum Gasteiger partial charge on any atom is -0.488 e. The number of aryl methyl sites for hydroxylation is 2. The Bertz CT molecular complexity index is 1710. The summed E-state index contributed by atoms with van der Waals surface area (Å²) in [6, 6.07) is 17.4. The molecule has 0 fully saturated rings. The fourth-order valence-corrected chi connectivity index (χ4v) is 5.56. The largest absolute Gasteiger partial charge is 0.488 e. The quantitative estimate of drug-likeness (QED) is 0.214. The molecule has 46 heavy (non-hydrogen) atoms. The summed E-state index contributed by atoms with van der Waals surface area (Å²) < 4.78 is 11.7. The highest BCUT2D eigenvalue weighted by atomic mass is 16.5. The summed E-state index contributed by atoms with van der Waals surface area (Å²) in [4.78, 5) is 42.9. The van der Waals surface area contributed by atoms with Crippen LogP contribution in [-0.4, -0.2) is 76.9 Å². The van der Waals surface area contributed by atoms with Crippen LogP contribution < -0.4 is 20.7 Å². The molecule has 2 heterocycles. The van der Waals surface area contributed by atoms with Gasteiger partial charge in [-0.2, -0.15) is 0 Å². The third-order valence-electron chi connectivity index (χ3n) is 8.28. The van der Waals surface area contributed by atoms with E-state index >= 15 is 0 Å². The highest BCUT2D eigenvalue weighted by Crippen LogP contribution is 2.30. The standard InChI is InChI=1S/C34H40N6O6/c1-20-17-40(21(2)19-41)31(42)16-25-15-26(35-33(43)36-28-12-8-10-24-9-6-7-11-27(24)28)13-14-29(25)45-30(20)18-39(5)34(44)37-32-22(3)38-46-23(32)4/h6-15,20-21,30,41H,16-19H2,1-5H3,(H,37,44)(H2,35,36,43)/t20-,21-,30-/m1/s1. The van der Waals surface area contributed by atoms with Crippen LogP contribution in [0.5, 0.6) is 5.75 Å². The number of rotatable bonds is 7. The lowest BCUT2D eigenvalue weighted by atomic mass is 10.0. The van der Waals surface area contributed by atoms with Crippen LogP contribution >= 0.6 is 0 Å². The van der Waals surface area contributed by atoms with Gasteiger partial charge in [-0.15, -0.1) is 0 Å². The molecule has 0 unspecified atom stereocenters. The van der Waals surface area contributed by atoms with Crippen molar-refractivity contribution in [1.82, 2.24) is 15.0 Å². The first-order chi connectivity index (χ1) is 22.0. The predicted octanol–water partition coefficient (Wildman–Crippen LogP) is 5.40. The third kappa shape index (κ3) is 7.23. The maximum Gasteiger partial charge on any atom is 0.323 e. The number of aliphatic hydroxyl groups excluding tert-OH is 1. The maximum absolute atomic E-state index is 13.6. The minimum absolute atomic E-state index is 0.00193. The van der Waals surface area contributed by atoms with E-state index in [4.69, 9.17) is 9.26 Å². The number of likely N-dealkylation sites (N-methyl/N-ethyl adjacent to an activating group) is 1. The van der Waals surface area contributed by atoms with Crippen LogP contribution in [0, 0.1) is 19.8 Å². The zero-order chi connectivity index (χ0) is 33.0. The summed E-state index contributed by atoms with van der Waals surface area (Å²) in [6.07, 6.45) is -0.506. The van der Waals surface area contributed by atoms with Gasteiger partial charge in [0.15, 0.2) is 5.76 Å². The van der Waals surface area contributed by atoms with Gasteiger partial charge in [0.1, 0.15) is 23.2 Å². The van der Waals surface area contributed by atoms with E-state index in [0.717, 1.165) is 10.8 Å². The summed E-state index contributed by atoms with van der Waals surface area (Å²) in [5.41, 5.74) is 2.82. The summed E-state index contributed by atoms with van der Waals surface area (Å²) in [5, 5.41) is 24.4. The van der Waals surface area contributed by atoms with E-state index in [2.05, 4.69) is 21.1 Å². The number of aliphatic hydroxyl groups is 1. The van der Waals surface area contributed by atoms with E-state index in [1.807, 2.05) is 49.4 Å². The van der Waals surface area contributed by atoms with Crippen molar-refractivity contribution in [3.63, 3.8) is 0 Å². The van der Waals surface area contributed by atoms with Gasteiger partial charge < -0.3 is 40.1 Å². The minimum atomic E-state index is -0.507. The average Bonchev–Trinajstić information content (AvgIpc) is 3.37. The molecule has 5 rings (SSSR count). The molecular weight excluding hydrogens is 588 g/mol. The van der Waals surface area contributed by atoms with Gasteiger partial charge in [-0.3, -0.25) is 4.79 Å². The van der Waals surface area contributed by atoms with Crippen LogP contribution in [0.3, 0.4) is 0 Å². The molecule has 242 valence electrons. The smallest absolute Gasteiger partial charge is 0.323 e. The number of carbonyl (C=O) groups is 3. The SMILES string of the molecule is Cc1noc(C)c1NC(=O)N(C)C[C@H]1Oc2ccc(NC(=O)Nc3cccc4ccccc34)cc2CC(=O)N([C@H](C)CO)C[C@H]1C. The Hall–Kier alpha value is -5.10. The van der Waals surface area contributed by atoms with Crippen molar-refractivity contribution in [3.05, 3.63) is 77.7 Å². The summed E-state index contributed by atoms with van der Waals surface area (Å²) >= 11 is 0. The van der Waals surface area contributed by atoms with E-state index in [9.17, 15) is 19.5 Å². The van der Waals surface area contributed by atoms with Crippen molar-refractivity contribution in [2.24, 2.45) is 5.92 Å². The molecule has 5 amide bonds. The lowest BCUT2D eigenvalue weighted by Gasteiger charge is -2.34. The van der Waals surface area contributed by atoms with Crippen LogP contribution in [0.4, 0.5) is 26.7 Å². The van der Waals surface area contributed by atoms with Gasteiger partial charge in [0.05, 0.1) is 31.3 Å². The molecule has 0 radical (unpaired) electrons. The highest BCUT2D eigenvalue weighted by molar-refractivity contribution is 6.06. The second kappa shape index (κ2) is 13.9. The second-order valence-corrected chi connectivity index (χ2v) is 11.8. The Kier molecular flexibility index (Phi) is 9.76. The molecule has 12 heteroatoms. The predicted molar refractivity (Wildman–Crippen MR) is 176 cm³/mol. The number of anilines is 3. The topological polar surface area (TPSA) is 149 Å². The van der Waals surface area contributed by atoms with E-state index in [-0.39, 0.29) is 37.4 Å². The van der Waals surface area contributed by atoms with Gasteiger partial charge in [0, 0.05) is 36.1 Å². The molecule has 1 aromatic heterocycles. The number of urea groups is 2. The number of aromatic nitrogens is 1. The van der Waals surface area contributed by atoms with E-state index in [0.29, 0.717) is 46.4 Å². The van der Waals surface area contributed by atoms with Crippen LogP contribution in [0.1, 0.15) is 30.9 Å². The molecule has 0 spiro atoms. The first-order valence-electron chi connectivity index (χ1n) is 15.2. The maximum atomic E-state index is 13.6. The molecule has 12 nitrogen and oxygen atoms in total. The van der Waals surface area contributed by atoms with Crippen molar-refractivity contribution in [1.29, 1.82) is 0 Å². The Labute approximate surface area is 267 Å². The molecular formula is C34H40N6O6. The van der Waals surface area contributed by atoms with Gasteiger partial charge in [0.2, 0.25) is 5.91 Å². The number of ether oxygens (including phenoxy) is 1. The zero-order valence-corrected chi connectivity index (χ0v) is 26.7. The zero-order valence-electron chi connectivity index (χ0n) is 26.7. The number of hydrogen-bond donors (Lipinski definition) is 4. The second-order valence-electron chi connectivity index (χ2n) is 11.8. The van der Waals surface area contributed by atoms with Crippen molar-refractivity contribution in [2.45, 2.75) is 46.3 Å². The highest BCUT2D eigenvalue weighted by Gasteiger charge is 2.32. The molecule has 0 bridgehead atoms. The normalized spacial score (nSPS) is 17.2. The first kappa shape index (κ1) is 32.3. The molecule has 3 aromatic carbocycles. The molecule has 1 aliphatic rings. The molecule has 0 saturated heterocycles. The molecule has 3 atom stereocenters. The summed E-state index contributed by atoms with van der Waals surface area (Å²) in [6.45, 7) is 7.53. The van der Waals surface area contributed by atoms with Gasteiger partial charge in [-0.05, 0) is 50.4 Å². The Morgan fingerprint density at radius 1 is 1.09 bits per heavy atom. The summed E-state index contributed by atoms with van der Waals surface area (Å²) in [5.74, 6) is 0.592. The van der Waals surface area contributed by atoms with Crippen LogP contribution in [0.25, 0.3) is 10.8 Å². The van der Waals surface area contributed by atoms with Crippen LogP contribution in [0.2, 0.25) is 0 Å². The number of amides is 5. The number of hydrogen-bond acceptors (Lipinski definition) is 7. The fourth-order valence-electron chi connectivity index (χ4n) is 5.56.